The lowest BCUT2D eigenvalue weighted by atomic mass is 10.2. The van der Waals surface area contributed by atoms with Gasteiger partial charge in [0.2, 0.25) is 0 Å². The van der Waals surface area contributed by atoms with Crippen molar-refractivity contribution in [3.05, 3.63) is 22.7 Å². The largest absolute Gasteiger partial charge is 0.375 e. The van der Waals surface area contributed by atoms with Crippen LogP contribution in [0.15, 0.2) is 17.8 Å². The highest BCUT2D eigenvalue weighted by Crippen LogP contribution is 2.22. The van der Waals surface area contributed by atoms with Crippen molar-refractivity contribution in [3.63, 3.8) is 0 Å². The normalized spacial score (nSPS) is 19.6. The number of carbonyl (C=O) groups is 1. The maximum absolute atomic E-state index is 12.5. The molecule has 0 spiro atoms. The van der Waals surface area contributed by atoms with Gasteiger partial charge in [0.25, 0.3) is 5.91 Å². The maximum Gasteiger partial charge on any atom is 0.266 e. The Morgan fingerprint density at radius 2 is 2.47 bits per heavy atom. The molecule has 1 atom stereocenters. The zero-order valence-electron chi connectivity index (χ0n) is 10.4. The first-order chi connectivity index (χ1) is 9.25. The number of rotatable bonds is 2. The fourth-order valence-electron chi connectivity index (χ4n) is 2.06. The van der Waals surface area contributed by atoms with E-state index in [0.717, 1.165) is 5.69 Å². The Hall–Kier alpha value is -1.80. The van der Waals surface area contributed by atoms with Gasteiger partial charge in [-0.25, -0.2) is 0 Å². The topological polar surface area (TPSA) is 73.1 Å². The fraction of sp³-hybridized carbons (Fsp3) is 0.455. The molecule has 19 heavy (non-hydrogen) atoms. The molecule has 3 rings (SSSR count). The number of carbonyl (C=O) groups excluding carboxylic acids is 1. The molecule has 100 valence electrons. The minimum Gasteiger partial charge on any atom is -0.375 e. The molecular formula is C11H13N5O2S. The smallest absolute Gasteiger partial charge is 0.266 e. The van der Waals surface area contributed by atoms with E-state index < -0.39 is 0 Å². The summed E-state index contributed by atoms with van der Waals surface area (Å²) >= 11 is 1.40. The number of ether oxygens (including phenoxy) is 1. The van der Waals surface area contributed by atoms with Crippen LogP contribution in [0, 0.1) is 0 Å². The molecule has 1 aliphatic heterocycles. The van der Waals surface area contributed by atoms with Crippen molar-refractivity contribution in [2.75, 3.05) is 19.7 Å². The first-order valence-electron chi connectivity index (χ1n) is 5.97. The highest BCUT2D eigenvalue weighted by atomic mass is 32.1. The minimum absolute atomic E-state index is 0.00986. The van der Waals surface area contributed by atoms with Gasteiger partial charge in [-0.15, -0.1) is 16.4 Å². The van der Waals surface area contributed by atoms with E-state index in [9.17, 15) is 4.79 Å². The molecule has 0 N–H and O–H groups in total. The molecule has 1 aliphatic rings. The number of tetrazole rings is 1. The molecule has 2 aromatic heterocycles. The zero-order chi connectivity index (χ0) is 13.2. The number of nitrogens with zero attached hydrogens (tertiary/aromatic N) is 5. The van der Waals surface area contributed by atoms with Crippen LogP contribution in [0.4, 0.5) is 0 Å². The first-order valence-corrected chi connectivity index (χ1v) is 6.85. The lowest BCUT2D eigenvalue weighted by molar-refractivity contribution is -0.0122. The molecule has 1 amide bonds. The minimum atomic E-state index is 0.00986. The molecule has 0 saturated carbocycles. The van der Waals surface area contributed by atoms with E-state index in [0.29, 0.717) is 24.6 Å². The number of amides is 1. The number of hydrogen-bond acceptors (Lipinski definition) is 6. The molecule has 3 heterocycles. The third kappa shape index (κ3) is 2.36. The highest BCUT2D eigenvalue weighted by Gasteiger charge is 2.25. The van der Waals surface area contributed by atoms with Gasteiger partial charge in [0, 0.05) is 13.1 Å². The number of morpholine rings is 1. The molecular weight excluding hydrogens is 266 g/mol. The summed E-state index contributed by atoms with van der Waals surface area (Å²) < 4.78 is 6.96. The van der Waals surface area contributed by atoms with E-state index in [1.165, 1.54) is 22.3 Å². The van der Waals surface area contributed by atoms with Crippen molar-refractivity contribution in [1.29, 1.82) is 0 Å². The van der Waals surface area contributed by atoms with Crippen LogP contribution >= 0.6 is 11.3 Å². The van der Waals surface area contributed by atoms with Gasteiger partial charge in [-0.1, -0.05) is 0 Å². The maximum atomic E-state index is 12.5. The number of aromatic nitrogens is 4. The number of thiophene rings is 1. The molecule has 0 aromatic carbocycles. The Morgan fingerprint density at radius 3 is 3.21 bits per heavy atom. The quantitative estimate of drug-likeness (QED) is 0.804. The van der Waals surface area contributed by atoms with Crippen molar-refractivity contribution < 1.29 is 9.53 Å². The summed E-state index contributed by atoms with van der Waals surface area (Å²) in [6.07, 6.45) is 1.56. The average Bonchev–Trinajstić information content (AvgIpc) is 3.08. The van der Waals surface area contributed by atoms with Crippen LogP contribution in [0.5, 0.6) is 0 Å². The SMILES string of the molecule is CC1CN(C(=O)c2sccc2-n2cnnn2)CCO1. The van der Waals surface area contributed by atoms with E-state index in [2.05, 4.69) is 15.5 Å². The second kappa shape index (κ2) is 5.06. The van der Waals surface area contributed by atoms with Crippen molar-refractivity contribution in [3.8, 4) is 5.69 Å². The van der Waals surface area contributed by atoms with Gasteiger partial charge in [-0.2, -0.15) is 4.68 Å². The van der Waals surface area contributed by atoms with Gasteiger partial charge in [-0.05, 0) is 28.8 Å². The second-order valence-corrected chi connectivity index (χ2v) is 5.24. The Labute approximate surface area is 113 Å². The molecule has 2 aromatic rings. The van der Waals surface area contributed by atoms with Gasteiger partial charge in [-0.3, -0.25) is 4.79 Å². The van der Waals surface area contributed by atoms with Crippen LogP contribution in [0.2, 0.25) is 0 Å². The molecule has 1 saturated heterocycles. The third-order valence-electron chi connectivity index (χ3n) is 2.96. The van der Waals surface area contributed by atoms with Crippen LogP contribution in [-0.2, 0) is 4.74 Å². The summed E-state index contributed by atoms with van der Waals surface area (Å²) in [5, 5.41) is 12.9. The van der Waals surface area contributed by atoms with E-state index >= 15 is 0 Å². The standard InChI is InChI=1S/C11H13N5O2S/c1-8-6-15(3-4-18-8)11(17)10-9(2-5-19-10)16-7-12-13-14-16/h2,5,7-8H,3-4,6H2,1H3. The Morgan fingerprint density at radius 1 is 1.58 bits per heavy atom. The van der Waals surface area contributed by atoms with Gasteiger partial charge in [0.1, 0.15) is 11.2 Å². The van der Waals surface area contributed by atoms with E-state index in [-0.39, 0.29) is 12.0 Å². The van der Waals surface area contributed by atoms with Crippen molar-refractivity contribution in [2.24, 2.45) is 0 Å². The molecule has 1 unspecified atom stereocenters. The highest BCUT2D eigenvalue weighted by molar-refractivity contribution is 7.12. The predicted octanol–water partition coefficient (Wildman–Crippen LogP) is 0.585. The third-order valence-corrected chi connectivity index (χ3v) is 3.85. The van der Waals surface area contributed by atoms with Gasteiger partial charge in [0.05, 0.1) is 18.4 Å². The van der Waals surface area contributed by atoms with E-state index in [1.54, 1.807) is 0 Å². The summed E-state index contributed by atoms with van der Waals surface area (Å²) in [6.45, 7) is 3.79. The molecule has 0 aliphatic carbocycles. The van der Waals surface area contributed by atoms with E-state index in [4.69, 9.17) is 4.74 Å². The number of hydrogen-bond donors (Lipinski definition) is 0. The molecule has 8 heteroatoms. The van der Waals surface area contributed by atoms with Crippen molar-refractivity contribution in [1.82, 2.24) is 25.1 Å². The summed E-state index contributed by atoms with van der Waals surface area (Å²) in [5.41, 5.74) is 0.721. The first kappa shape index (κ1) is 12.2. The summed E-state index contributed by atoms with van der Waals surface area (Å²) in [5.74, 6) is 0.00986. The molecule has 1 fully saturated rings. The Bertz CT molecular complexity index is 567. The van der Waals surface area contributed by atoms with Crippen LogP contribution in [0.25, 0.3) is 5.69 Å². The van der Waals surface area contributed by atoms with Gasteiger partial charge < -0.3 is 9.64 Å². The van der Waals surface area contributed by atoms with Gasteiger partial charge >= 0.3 is 0 Å². The van der Waals surface area contributed by atoms with Crippen LogP contribution in [0.1, 0.15) is 16.6 Å². The second-order valence-electron chi connectivity index (χ2n) is 4.32. The average molecular weight is 279 g/mol. The Balaban J connectivity index is 1.86. The van der Waals surface area contributed by atoms with Crippen molar-refractivity contribution in [2.45, 2.75) is 13.0 Å². The zero-order valence-corrected chi connectivity index (χ0v) is 11.2. The van der Waals surface area contributed by atoms with Gasteiger partial charge in [0.15, 0.2) is 0 Å². The van der Waals surface area contributed by atoms with Crippen molar-refractivity contribution >= 4 is 17.2 Å². The monoisotopic (exact) mass is 279 g/mol. The van der Waals surface area contributed by atoms with Crippen LogP contribution in [-0.4, -0.2) is 56.8 Å². The summed E-state index contributed by atoms with van der Waals surface area (Å²) in [7, 11) is 0. The molecule has 0 bridgehead atoms. The van der Waals surface area contributed by atoms with Crippen LogP contribution < -0.4 is 0 Å². The fourth-order valence-corrected chi connectivity index (χ4v) is 2.91. The van der Waals surface area contributed by atoms with E-state index in [1.807, 2.05) is 23.3 Å². The Kier molecular flexibility index (Phi) is 3.26. The lowest BCUT2D eigenvalue weighted by Gasteiger charge is -2.31. The lowest BCUT2D eigenvalue weighted by Crippen LogP contribution is -2.44. The predicted molar refractivity (Wildman–Crippen MR) is 68.3 cm³/mol. The van der Waals surface area contributed by atoms with Crippen LogP contribution in [0.3, 0.4) is 0 Å². The molecule has 7 nitrogen and oxygen atoms in total. The summed E-state index contributed by atoms with van der Waals surface area (Å²) in [4.78, 5) is 15.0. The summed E-state index contributed by atoms with van der Waals surface area (Å²) in [6, 6.07) is 1.85. The molecule has 0 radical (unpaired) electrons.